The molecule has 1 N–H and O–H groups in total. The van der Waals surface area contributed by atoms with E-state index in [2.05, 4.69) is 24.3 Å². The van der Waals surface area contributed by atoms with Crippen molar-refractivity contribution in [1.82, 2.24) is 14.8 Å². The summed E-state index contributed by atoms with van der Waals surface area (Å²) in [5.41, 5.74) is 5.74. The van der Waals surface area contributed by atoms with Gasteiger partial charge in [-0.05, 0) is 38.5 Å². The Hall–Kier alpha value is -3.51. The van der Waals surface area contributed by atoms with E-state index in [0.717, 1.165) is 33.5 Å². The van der Waals surface area contributed by atoms with Crippen LogP contribution >= 0.6 is 0 Å². The molecule has 6 heteroatoms. The van der Waals surface area contributed by atoms with Crippen LogP contribution in [0.3, 0.4) is 0 Å². The fourth-order valence-electron chi connectivity index (χ4n) is 3.70. The lowest BCUT2D eigenvalue weighted by Crippen LogP contribution is -2.15. The van der Waals surface area contributed by atoms with Gasteiger partial charge in [0.05, 0.1) is 29.4 Å². The summed E-state index contributed by atoms with van der Waals surface area (Å²) in [5.74, 6) is -0.200. The van der Waals surface area contributed by atoms with E-state index in [1.54, 1.807) is 13.3 Å². The topological polar surface area (TPSA) is 69.0 Å². The van der Waals surface area contributed by atoms with Crippen LogP contribution in [0.15, 0.2) is 60.8 Å². The number of anilines is 1. The second-order valence-corrected chi connectivity index (χ2v) is 7.83. The van der Waals surface area contributed by atoms with Crippen molar-refractivity contribution in [3.05, 3.63) is 77.5 Å². The second kappa shape index (κ2) is 8.70. The van der Waals surface area contributed by atoms with Crippen LogP contribution in [0.4, 0.5) is 5.69 Å². The highest BCUT2D eigenvalue weighted by molar-refractivity contribution is 6.12. The lowest BCUT2D eigenvalue weighted by Gasteiger charge is -2.13. The number of carbonyl (C=O) groups is 1. The number of methoxy groups -OCH3 is 1. The SMILES string of the molecule is COCc1ccccc1NC(=O)c1cc(-c2ccccc2C)nc2c1cnn2C(C)C. The molecular formula is C25H26N4O2. The number of amides is 1. The lowest BCUT2D eigenvalue weighted by molar-refractivity contribution is 0.102. The molecule has 4 aromatic rings. The highest BCUT2D eigenvalue weighted by Crippen LogP contribution is 2.29. The van der Waals surface area contributed by atoms with Gasteiger partial charge in [0.15, 0.2) is 5.65 Å². The van der Waals surface area contributed by atoms with Gasteiger partial charge in [-0.3, -0.25) is 4.79 Å². The molecular weight excluding hydrogens is 388 g/mol. The van der Waals surface area contributed by atoms with Crippen molar-refractivity contribution in [2.24, 2.45) is 0 Å². The second-order valence-electron chi connectivity index (χ2n) is 7.83. The molecule has 0 aliphatic carbocycles. The molecule has 2 aromatic carbocycles. The van der Waals surface area contributed by atoms with Crippen molar-refractivity contribution < 1.29 is 9.53 Å². The van der Waals surface area contributed by atoms with Crippen LogP contribution in [-0.2, 0) is 11.3 Å². The van der Waals surface area contributed by atoms with Gasteiger partial charge in [-0.25, -0.2) is 9.67 Å². The molecule has 0 atom stereocenters. The first kappa shape index (κ1) is 20.8. The van der Waals surface area contributed by atoms with E-state index in [-0.39, 0.29) is 11.9 Å². The molecule has 0 saturated heterocycles. The largest absolute Gasteiger partial charge is 0.380 e. The summed E-state index contributed by atoms with van der Waals surface area (Å²) in [5, 5.41) is 8.28. The fraction of sp³-hybridized carbons (Fsp3) is 0.240. The third-order valence-corrected chi connectivity index (χ3v) is 5.29. The number of hydrogen-bond acceptors (Lipinski definition) is 4. The predicted molar refractivity (Wildman–Crippen MR) is 123 cm³/mol. The maximum Gasteiger partial charge on any atom is 0.256 e. The quantitative estimate of drug-likeness (QED) is 0.459. The number of nitrogens with one attached hydrogen (secondary N) is 1. The number of aryl methyl sites for hydroxylation is 1. The molecule has 0 radical (unpaired) electrons. The van der Waals surface area contributed by atoms with Gasteiger partial charge in [0.1, 0.15) is 0 Å². The van der Waals surface area contributed by atoms with Crippen LogP contribution in [0.1, 0.15) is 41.4 Å². The van der Waals surface area contributed by atoms with E-state index in [1.807, 2.05) is 66.2 Å². The molecule has 4 rings (SSSR count). The van der Waals surface area contributed by atoms with Crippen LogP contribution in [0.25, 0.3) is 22.3 Å². The Morgan fingerprint density at radius 1 is 1.13 bits per heavy atom. The van der Waals surface area contributed by atoms with Gasteiger partial charge in [0, 0.05) is 30.0 Å². The minimum absolute atomic E-state index is 0.121. The minimum Gasteiger partial charge on any atom is -0.380 e. The summed E-state index contributed by atoms with van der Waals surface area (Å²) in [6.45, 7) is 6.56. The van der Waals surface area contributed by atoms with Crippen molar-refractivity contribution in [2.45, 2.75) is 33.4 Å². The Morgan fingerprint density at radius 3 is 2.61 bits per heavy atom. The standard InChI is InChI=1S/C25H26N4O2/c1-16(2)29-24-21(14-26-29)20(13-23(27-24)19-11-7-5-9-17(19)3)25(30)28-22-12-8-6-10-18(22)15-31-4/h5-14,16H,15H2,1-4H3,(H,28,30). The van der Waals surface area contributed by atoms with Crippen LogP contribution < -0.4 is 5.32 Å². The molecule has 1 amide bonds. The molecule has 0 bridgehead atoms. The summed E-state index contributed by atoms with van der Waals surface area (Å²) in [6.07, 6.45) is 1.72. The number of rotatable bonds is 6. The van der Waals surface area contributed by atoms with Gasteiger partial charge < -0.3 is 10.1 Å². The molecule has 2 heterocycles. The van der Waals surface area contributed by atoms with Crippen molar-refractivity contribution >= 4 is 22.6 Å². The van der Waals surface area contributed by atoms with E-state index in [0.29, 0.717) is 17.8 Å². The zero-order chi connectivity index (χ0) is 22.0. The lowest BCUT2D eigenvalue weighted by atomic mass is 10.0. The first-order chi connectivity index (χ1) is 15.0. The van der Waals surface area contributed by atoms with Gasteiger partial charge in [-0.1, -0.05) is 42.5 Å². The molecule has 6 nitrogen and oxygen atoms in total. The molecule has 2 aromatic heterocycles. The van der Waals surface area contributed by atoms with Crippen LogP contribution in [0, 0.1) is 6.92 Å². The van der Waals surface area contributed by atoms with Gasteiger partial charge in [0.25, 0.3) is 5.91 Å². The van der Waals surface area contributed by atoms with Crippen LogP contribution in [0.5, 0.6) is 0 Å². The normalized spacial score (nSPS) is 11.3. The van der Waals surface area contributed by atoms with E-state index < -0.39 is 0 Å². The fourth-order valence-corrected chi connectivity index (χ4v) is 3.70. The molecule has 0 saturated carbocycles. The Kier molecular flexibility index (Phi) is 5.82. The number of ether oxygens (including phenoxy) is 1. The first-order valence-corrected chi connectivity index (χ1v) is 10.3. The Balaban J connectivity index is 1.85. The van der Waals surface area contributed by atoms with Crippen molar-refractivity contribution in [1.29, 1.82) is 0 Å². The molecule has 0 aliphatic heterocycles. The zero-order valence-corrected chi connectivity index (χ0v) is 18.2. The summed E-state index contributed by atoms with van der Waals surface area (Å²) in [7, 11) is 1.64. The van der Waals surface area contributed by atoms with Crippen LogP contribution in [0.2, 0.25) is 0 Å². The molecule has 158 valence electrons. The molecule has 0 spiro atoms. The number of benzene rings is 2. The number of hydrogen-bond donors (Lipinski definition) is 1. The maximum atomic E-state index is 13.4. The van der Waals surface area contributed by atoms with Crippen LogP contribution in [-0.4, -0.2) is 27.8 Å². The average molecular weight is 415 g/mol. The minimum atomic E-state index is -0.200. The highest BCUT2D eigenvalue weighted by atomic mass is 16.5. The highest BCUT2D eigenvalue weighted by Gasteiger charge is 2.20. The Labute approximate surface area is 181 Å². The third-order valence-electron chi connectivity index (χ3n) is 5.29. The van der Waals surface area contributed by atoms with Gasteiger partial charge in [-0.15, -0.1) is 0 Å². The molecule has 0 unspecified atom stereocenters. The predicted octanol–water partition coefficient (Wildman–Crippen LogP) is 5.39. The number of aromatic nitrogens is 3. The van der Waals surface area contributed by atoms with Crippen molar-refractivity contribution in [3.8, 4) is 11.3 Å². The molecule has 0 aliphatic rings. The van der Waals surface area contributed by atoms with Gasteiger partial charge in [-0.2, -0.15) is 5.10 Å². The first-order valence-electron chi connectivity index (χ1n) is 10.3. The smallest absolute Gasteiger partial charge is 0.256 e. The van der Waals surface area contributed by atoms with E-state index in [4.69, 9.17) is 9.72 Å². The number of para-hydroxylation sites is 1. The van der Waals surface area contributed by atoms with Gasteiger partial charge in [0.2, 0.25) is 0 Å². The number of pyridine rings is 1. The summed E-state index contributed by atoms with van der Waals surface area (Å²) in [6, 6.07) is 17.7. The van der Waals surface area contributed by atoms with E-state index in [9.17, 15) is 4.79 Å². The summed E-state index contributed by atoms with van der Waals surface area (Å²) < 4.78 is 7.13. The number of nitrogens with zero attached hydrogens (tertiary/aromatic N) is 3. The Morgan fingerprint density at radius 2 is 1.87 bits per heavy atom. The number of carbonyl (C=O) groups excluding carboxylic acids is 1. The average Bonchev–Trinajstić information content (AvgIpc) is 3.19. The summed E-state index contributed by atoms with van der Waals surface area (Å²) >= 11 is 0. The monoisotopic (exact) mass is 414 g/mol. The molecule has 0 fully saturated rings. The van der Waals surface area contributed by atoms with Crippen molar-refractivity contribution in [3.63, 3.8) is 0 Å². The van der Waals surface area contributed by atoms with Crippen molar-refractivity contribution in [2.75, 3.05) is 12.4 Å². The van der Waals surface area contributed by atoms with E-state index >= 15 is 0 Å². The van der Waals surface area contributed by atoms with Gasteiger partial charge >= 0.3 is 0 Å². The summed E-state index contributed by atoms with van der Waals surface area (Å²) in [4.78, 5) is 18.3. The maximum absolute atomic E-state index is 13.4. The third kappa shape index (κ3) is 4.07. The number of fused-ring (bicyclic) bond motifs is 1. The molecule has 31 heavy (non-hydrogen) atoms. The van der Waals surface area contributed by atoms with E-state index in [1.165, 1.54) is 0 Å². The zero-order valence-electron chi connectivity index (χ0n) is 18.2. The Bertz CT molecular complexity index is 1240.